The highest BCUT2D eigenvalue weighted by atomic mass is 31.2. The van der Waals surface area contributed by atoms with Crippen LogP contribution in [0, 0.1) is 0 Å². The zero-order valence-corrected chi connectivity index (χ0v) is 24.0. The summed E-state index contributed by atoms with van der Waals surface area (Å²) in [4.78, 5) is 60.4. The third kappa shape index (κ3) is 10.0. The van der Waals surface area contributed by atoms with Crippen molar-refractivity contribution in [2.45, 2.75) is 87.4 Å². The first-order valence-corrected chi connectivity index (χ1v) is 16.0. The number of hydrogen-bond acceptors (Lipinski definition) is 13. The van der Waals surface area contributed by atoms with E-state index in [4.69, 9.17) is 29.0 Å². The predicted molar refractivity (Wildman–Crippen MR) is 137 cm³/mol. The SMILES string of the molecule is O=C(CCCCCn1cc(CNC(=O)O[C@@H]2C(O)[C@@H](O)OC(CO)[C@H]2O)nn1)NCCCC(O)(P(=O)(O)O)P(=O)(O)O. The van der Waals surface area contributed by atoms with E-state index in [1.54, 1.807) is 6.20 Å². The lowest BCUT2D eigenvalue weighted by atomic mass is 9.99. The molecule has 2 amide bonds. The minimum Gasteiger partial charge on any atom is -0.440 e. The number of hydrogen-bond donors (Lipinski definition) is 11. The molecule has 242 valence electrons. The topological polar surface area (TPSA) is 324 Å². The number of nitrogens with one attached hydrogen (secondary N) is 2. The standard InChI is InChI=1S/C20H37N5O15P2/c26-11-13-15(28)17(16(29)18(30)39-13)40-19(31)22-9-12-10-25(24-23-12)8-3-1-2-5-14(27)21-7-4-6-20(32,41(33,34)35)42(36,37)38/h10,13,15-18,26,28-30,32H,1-9,11H2,(H,21,27)(H,22,31)(H2,33,34,35)(H2,36,37,38)/t13?,15-,16?,17+,18+/m1/s1. The first kappa shape index (κ1) is 36.1. The third-order valence-electron chi connectivity index (χ3n) is 6.32. The number of aryl methyl sites for hydroxylation is 1. The molecule has 1 aromatic rings. The van der Waals surface area contributed by atoms with Gasteiger partial charge in [0, 0.05) is 25.9 Å². The van der Waals surface area contributed by atoms with Crippen LogP contribution in [0.5, 0.6) is 0 Å². The van der Waals surface area contributed by atoms with Crippen LogP contribution < -0.4 is 10.6 Å². The number of nitrogens with zero attached hydrogens (tertiary/aromatic N) is 3. The van der Waals surface area contributed by atoms with Gasteiger partial charge in [0.1, 0.15) is 24.0 Å². The minimum atomic E-state index is -5.54. The van der Waals surface area contributed by atoms with Gasteiger partial charge >= 0.3 is 21.3 Å². The number of amides is 2. The van der Waals surface area contributed by atoms with Gasteiger partial charge in [0.25, 0.3) is 5.08 Å². The molecule has 2 unspecified atom stereocenters. The van der Waals surface area contributed by atoms with Gasteiger partial charge in [-0.15, -0.1) is 5.10 Å². The summed E-state index contributed by atoms with van der Waals surface area (Å²) in [5, 5.41) is 57.7. The van der Waals surface area contributed by atoms with Crippen molar-refractivity contribution in [1.82, 2.24) is 25.6 Å². The molecule has 0 spiro atoms. The Hall–Kier alpha value is -2.06. The van der Waals surface area contributed by atoms with Gasteiger partial charge in [0.15, 0.2) is 12.4 Å². The highest BCUT2D eigenvalue weighted by molar-refractivity contribution is 7.72. The number of alkyl carbamates (subject to hydrolysis) is 1. The predicted octanol–water partition coefficient (Wildman–Crippen LogP) is -3.24. The summed E-state index contributed by atoms with van der Waals surface area (Å²) in [5.41, 5.74) is 0.358. The number of unbranched alkanes of at least 4 members (excludes halogenated alkanes) is 2. The second-order valence-corrected chi connectivity index (χ2v) is 13.6. The third-order valence-corrected chi connectivity index (χ3v) is 10.2. The first-order chi connectivity index (χ1) is 19.5. The Bertz CT molecular complexity index is 1110. The van der Waals surface area contributed by atoms with Crippen molar-refractivity contribution in [3.05, 3.63) is 11.9 Å². The Morgan fingerprint density at radius 2 is 1.69 bits per heavy atom. The Morgan fingerprint density at radius 1 is 1.02 bits per heavy atom. The van der Waals surface area contributed by atoms with Crippen molar-refractivity contribution in [1.29, 1.82) is 0 Å². The molecule has 11 N–H and O–H groups in total. The number of aliphatic hydroxyl groups excluding tert-OH is 4. The van der Waals surface area contributed by atoms with Crippen molar-refractivity contribution >= 4 is 27.2 Å². The maximum Gasteiger partial charge on any atom is 0.407 e. The lowest BCUT2D eigenvalue weighted by molar-refractivity contribution is -0.285. The second kappa shape index (κ2) is 15.6. The lowest BCUT2D eigenvalue weighted by Gasteiger charge is -2.39. The number of aliphatic hydroxyl groups is 5. The highest BCUT2D eigenvalue weighted by Gasteiger charge is 2.58. The maximum absolute atomic E-state index is 12.1. The molecular formula is C20H37N5O15P2. The van der Waals surface area contributed by atoms with Crippen molar-refractivity contribution in [3.8, 4) is 0 Å². The molecule has 1 aliphatic heterocycles. The minimum absolute atomic E-state index is 0.111. The van der Waals surface area contributed by atoms with E-state index in [0.717, 1.165) is 0 Å². The fourth-order valence-electron chi connectivity index (χ4n) is 3.90. The molecule has 1 fully saturated rings. The molecule has 0 aromatic carbocycles. The van der Waals surface area contributed by atoms with E-state index in [0.29, 0.717) is 31.5 Å². The molecule has 22 heteroatoms. The van der Waals surface area contributed by atoms with E-state index in [1.807, 2.05) is 0 Å². The van der Waals surface area contributed by atoms with Gasteiger partial charge in [-0.2, -0.15) is 0 Å². The average molecular weight is 649 g/mol. The van der Waals surface area contributed by atoms with Gasteiger partial charge in [-0.05, 0) is 19.3 Å². The van der Waals surface area contributed by atoms with Crippen LogP contribution in [-0.2, 0) is 36.5 Å². The Balaban J connectivity index is 1.63. The molecule has 0 aliphatic carbocycles. The molecule has 1 aliphatic rings. The molecule has 2 rings (SSSR count). The zero-order chi connectivity index (χ0) is 31.7. The summed E-state index contributed by atoms with van der Waals surface area (Å²) >= 11 is 0. The number of aromatic nitrogens is 3. The molecule has 1 aromatic heterocycles. The molecule has 42 heavy (non-hydrogen) atoms. The smallest absolute Gasteiger partial charge is 0.407 e. The van der Waals surface area contributed by atoms with E-state index >= 15 is 0 Å². The molecule has 0 radical (unpaired) electrons. The molecule has 1 saturated heterocycles. The van der Waals surface area contributed by atoms with E-state index in [9.17, 15) is 44.3 Å². The summed E-state index contributed by atoms with van der Waals surface area (Å²) in [6.07, 6.45) is -6.78. The quantitative estimate of drug-likeness (QED) is 0.0619. The Labute approximate surface area is 239 Å². The average Bonchev–Trinajstić information content (AvgIpc) is 3.36. The first-order valence-electron chi connectivity index (χ1n) is 12.7. The Kier molecular flexibility index (Phi) is 13.4. The van der Waals surface area contributed by atoms with Gasteiger partial charge in [0.05, 0.1) is 19.3 Å². The van der Waals surface area contributed by atoms with Crippen LogP contribution in [-0.4, -0.2) is 121 Å². The van der Waals surface area contributed by atoms with Gasteiger partial charge in [-0.3, -0.25) is 18.6 Å². The molecule has 0 bridgehead atoms. The summed E-state index contributed by atoms with van der Waals surface area (Å²) in [7, 11) is -11.1. The fraction of sp³-hybridized carbons (Fsp3) is 0.800. The highest BCUT2D eigenvalue weighted by Crippen LogP contribution is 2.69. The summed E-state index contributed by atoms with van der Waals surface area (Å²) in [5.74, 6) is -0.394. The number of carbonyl (C=O) groups is 2. The van der Waals surface area contributed by atoms with E-state index < -0.39 is 76.0 Å². The van der Waals surface area contributed by atoms with Crippen LogP contribution in [0.15, 0.2) is 6.20 Å². The summed E-state index contributed by atoms with van der Waals surface area (Å²) in [6.45, 7) is -0.516. The van der Waals surface area contributed by atoms with Crippen molar-refractivity contribution < 1.29 is 73.3 Å². The maximum atomic E-state index is 12.1. The van der Waals surface area contributed by atoms with Crippen LogP contribution in [0.25, 0.3) is 0 Å². The van der Waals surface area contributed by atoms with Gasteiger partial charge < -0.3 is 65.2 Å². The van der Waals surface area contributed by atoms with E-state index in [-0.39, 0.29) is 25.9 Å². The van der Waals surface area contributed by atoms with Gasteiger partial charge in [-0.25, -0.2) is 4.79 Å². The number of carbonyl (C=O) groups excluding carboxylic acids is 2. The second-order valence-electron chi connectivity index (χ2n) is 9.55. The number of rotatable bonds is 16. The van der Waals surface area contributed by atoms with E-state index in [2.05, 4.69) is 20.9 Å². The van der Waals surface area contributed by atoms with Crippen LogP contribution >= 0.6 is 15.2 Å². The summed E-state index contributed by atoms with van der Waals surface area (Å²) < 4.78 is 33.9. The van der Waals surface area contributed by atoms with Crippen LogP contribution in [0.3, 0.4) is 0 Å². The monoisotopic (exact) mass is 649 g/mol. The molecule has 2 heterocycles. The van der Waals surface area contributed by atoms with Crippen molar-refractivity contribution in [2.24, 2.45) is 0 Å². The Morgan fingerprint density at radius 3 is 2.31 bits per heavy atom. The van der Waals surface area contributed by atoms with Crippen LogP contribution in [0.4, 0.5) is 4.79 Å². The van der Waals surface area contributed by atoms with E-state index in [1.165, 1.54) is 4.68 Å². The number of ether oxygens (including phenoxy) is 2. The van der Waals surface area contributed by atoms with Gasteiger partial charge in [0.2, 0.25) is 5.91 Å². The molecular weight excluding hydrogens is 612 g/mol. The normalized spacial score (nSPS) is 23.4. The van der Waals surface area contributed by atoms with Crippen LogP contribution in [0.1, 0.15) is 44.2 Å². The van der Waals surface area contributed by atoms with Crippen LogP contribution in [0.2, 0.25) is 0 Å². The lowest BCUT2D eigenvalue weighted by Crippen LogP contribution is -2.60. The molecule has 20 nitrogen and oxygen atoms in total. The molecule has 0 saturated carbocycles. The summed E-state index contributed by atoms with van der Waals surface area (Å²) in [6, 6.07) is 0. The molecule has 5 atom stereocenters. The van der Waals surface area contributed by atoms with Crippen molar-refractivity contribution in [3.63, 3.8) is 0 Å². The fourth-order valence-corrected chi connectivity index (χ4v) is 6.16. The zero-order valence-electron chi connectivity index (χ0n) is 22.2. The largest absolute Gasteiger partial charge is 0.440 e. The van der Waals surface area contributed by atoms with Gasteiger partial charge in [-0.1, -0.05) is 11.6 Å². The van der Waals surface area contributed by atoms with Crippen molar-refractivity contribution in [2.75, 3.05) is 13.2 Å².